The summed E-state index contributed by atoms with van der Waals surface area (Å²) in [5.74, 6) is -0.165. The number of carbonyl (C=O) groups excluding carboxylic acids is 2. The number of rotatable bonds is 12. The molecule has 1 unspecified atom stereocenters. The zero-order valence-electron chi connectivity index (χ0n) is 18.0. The quantitative estimate of drug-likeness (QED) is 0.493. The molecular weight excluding hydrogens is 382 g/mol. The van der Waals surface area contributed by atoms with Crippen LogP contribution in [0.2, 0.25) is 0 Å². The fourth-order valence-electron chi connectivity index (χ4n) is 3.21. The van der Waals surface area contributed by atoms with Crippen molar-refractivity contribution in [3.05, 3.63) is 65.7 Å². The van der Waals surface area contributed by atoms with Crippen molar-refractivity contribution >= 4 is 11.9 Å². The van der Waals surface area contributed by atoms with E-state index in [2.05, 4.69) is 4.90 Å². The lowest BCUT2D eigenvalue weighted by Crippen LogP contribution is -2.34. The van der Waals surface area contributed by atoms with Gasteiger partial charge in [-0.2, -0.15) is 0 Å². The molecule has 162 valence electrons. The zero-order valence-corrected chi connectivity index (χ0v) is 18.0. The van der Waals surface area contributed by atoms with Gasteiger partial charge in [-0.3, -0.25) is 14.5 Å². The van der Waals surface area contributed by atoms with Gasteiger partial charge in [0.05, 0.1) is 32.7 Å². The number of nitrogens with zero attached hydrogens (tertiary/aromatic N) is 1. The second-order valence-electron chi connectivity index (χ2n) is 6.85. The number of hydrogen-bond acceptors (Lipinski definition) is 6. The van der Waals surface area contributed by atoms with Gasteiger partial charge < -0.3 is 14.2 Å². The van der Waals surface area contributed by atoms with Crippen molar-refractivity contribution < 1.29 is 23.8 Å². The molecule has 2 aromatic carbocycles. The Bertz CT molecular complexity index is 776. The molecule has 2 aromatic rings. The molecule has 0 N–H and O–H groups in total. The highest BCUT2D eigenvalue weighted by Crippen LogP contribution is 2.21. The van der Waals surface area contributed by atoms with Crippen molar-refractivity contribution in [2.45, 2.75) is 32.7 Å². The average Bonchev–Trinajstić information content (AvgIpc) is 2.77. The third-order valence-electron chi connectivity index (χ3n) is 4.72. The highest BCUT2D eigenvalue weighted by Gasteiger charge is 2.25. The van der Waals surface area contributed by atoms with Gasteiger partial charge in [-0.05, 0) is 37.1 Å². The van der Waals surface area contributed by atoms with E-state index in [1.54, 1.807) is 21.0 Å². The standard InChI is InChI=1S/C24H31NO5/c1-4-29-23(26)15-16-25(17-19-11-13-21(28-3)14-12-19)18-22(24(27)30-5-2)20-9-7-6-8-10-20/h6-14,22H,4-5,15-18H2,1-3H3. The monoisotopic (exact) mass is 413 g/mol. The van der Waals surface area contributed by atoms with Gasteiger partial charge in [0.1, 0.15) is 5.75 Å². The lowest BCUT2D eigenvalue weighted by molar-refractivity contribution is -0.145. The number of esters is 2. The minimum atomic E-state index is -0.438. The number of hydrogen-bond donors (Lipinski definition) is 0. The summed E-state index contributed by atoms with van der Waals surface area (Å²) in [6.45, 7) is 5.78. The minimum Gasteiger partial charge on any atom is -0.497 e. The van der Waals surface area contributed by atoms with Crippen LogP contribution < -0.4 is 4.74 Å². The van der Waals surface area contributed by atoms with Gasteiger partial charge in [0.15, 0.2) is 0 Å². The highest BCUT2D eigenvalue weighted by molar-refractivity contribution is 5.78. The van der Waals surface area contributed by atoms with Crippen LogP contribution in [0, 0.1) is 0 Å². The predicted molar refractivity (Wildman–Crippen MR) is 115 cm³/mol. The first-order valence-corrected chi connectivity index (χ1v) is 10.3. The molecule has 0 amide bonds. The van der Waals surface area contributed by atoms with Crippen LogP contribution in [0.1, 0.15) is 37.3 Å². The SMILES string of the molecule is CCOC(=O)CCN(Cc1ccc(OC)cc1)CC(C(=O)OCC)c1ccccc1. The van der Waals surface area contributed by atoms with Gasteiger partial charge in [0.2, 0.25) is 0 Å². The Labute approximate surface area is 178 Å². The summed E-state index contributed by atoms with van der Waals surface area (Å²) < 4.78 is 15.6. The molecule has 0 aromatic heterocycles. The van der Waals surface area contributed by atoms with Crippen LogP contribution in [0.25, 0.3) is 0 Å². The maximum atomic E-state index is 12.7. The second kappa shape index (κ2) is 12.6. The van der Waals surface area contributed by atoms with E-state index in [4.69, 9.17) is 14.2 Å². The maximum absolute atomic E-state index is 12.7. The van der Waals surface area contributed by atoms with Crippen molar-refractivity contribution in [3.8, 4) is 5.75 Å². The fourth-order valence-corrected chi connectivity index (χ4v) is 3.21. The Balaban J connectivity index is 2.20. The first kappa shape index (κ1) is 23.4. The summed E-state index contributed by atoms with van der Waals surface area (Å²) in [6, 6.07) is 17.4. The highest BCUT2D eigenvalue weighted by atomic mass is 16.5. The van der Waals surface area contributed by atoms with Crippen LogP contribution in [-0.2, 0) is 25.6 Å². The van der Waals surface area contributed by atoms with Crippen molar-refractivity contribution in [1.82, 2.24) is 4.90 Å². The Kier molecular flexibility index (Phi) is 9.87. The number of carbonyl (C=O) groups is 2. The summed E-state index contributed by atoms with van der Waals surface area (Å²) in [5, 5.41) is 0. The minimum absolute atomic E-state index is 0.246. The molecule has 30 heavy (non-hydrogen) atoms. The molecule has 0 spiro atoms. The van der Waals surface area contributed by atoms with E-state index >= 15 is 0 Å². The average molecular weight is 414 g/mol. The molecule has 0 aliphatic heterocycles. The lowest BCUT2D eigenvalue weighted by atomic mass is 9.98. The molecule has 6 heteroatoms. The van der Waals surface area contributed by atoms with Crippen LogP contribution in [-0.4, -0.2) is 50.3 Å². The summed E-state index contributed by atoms with van der Waals surface area (Å²) >= 11 is 0. The van der Waals surface area contributed by atoms with Gasteiger partial charge in [-0.25, -0.2) is 0 Å². The Hall–Kier alpha value is -2.86. The van der Waals surface area contributed by atoms with Crippen molar-refractivity contribution in [2.24, 2.45) is 0 Å². The van der Waals surface area contributed by atoms with Gasteiger partial charge in [0, 0.05) is 19.6 Å². The van der Waals surface area contributed by atoms with Gasteiger partial charge in [-0.15, -0.1) is 0 Å². The second-order valence-corrected chi connectivity index (χ2v) is 6.85. The van der Waals surface area contributed by atoms with E-state index in [1.165, 1.54) is 0 Å². The maximum Gasteiger partial charge on any atom is 0.314 e. The van der Waals surface area contributed by atoms with E-state index in [0.717, 1.165) is 16.9 Å². The number of methoxy groups -OCH3 is 1. The van der Waals surface area contributed by atoms with Crippen molar-refractivity contribution in [3.63, 3.8) is 0 Å². The molecule has 0 bridgehead atoms. The summed E-state index contributed by atoms with van der Waals surface area (Å²) in [4.78, 5) is 26.7. The van der Waals surface area contributed by atoms with Crippen LogP contribution in [0.3, 0.4) is 0 Å². The topological polar surface area (TPSA) is 65.1 Å². The zero-order chi connectivity index (χ0) is 21.8. The molecule has 0 saturated carbocycles. The normalized spacial score (nSPS) is 11.7. The molecule has 6 nitrogen and oxygen atoms in total. The van der Waals surface area contributed by atoms with E-state index in [0.29, 0.717) is 32.8 Å². The summed E-state index contributed by atoms with van der Waals surface area (Å²) in [6.07, 6.45) is 0.258. The van der Waals surface area contributed by atoms with Crippen LogP contribution in [0.5, 0.6) is 5.75 Å². The Morgan fingerprint density at radius 2 is 1.60 bits per heavy atom. The molecular formula is C24H31NO5. The van der Waals surface area contributed by atoms with Gasteiger partial charge in [-0.1, -0.05) is 42.5 Å². The largest absolute Gasteiger partial charge is 0.497 e. The fraction of sp³-hybridized carbons (Fsp3) is 0.417. The summed E-state index contributed by atoms with van der Waals surface area (Å²) in [7, 11) is 1.63. The van der Waals surface area contributed by atoms with Crippen molar-refractivity contribution in [1.29, 1.82) is 0 Å². The molecule has 0 fully saturated rings. The molecule has 2 rings (SSSR count). The van der Waals surface area contributed by atoms with Crippen LogP contribution >= 0.6 is 0 Å². The van der Waals surface area contributed by atoms with Crippen LogP contribution in [0.15, 0.2) is 54.6 Å². The smallest absolute Gasteiger partial charge is 0.314 e. The van der Waals surface area contributed by atoms with Gasteiger partial charge >= 0.3 is 11.9 Å². The Morgan fingerprint density at radius 1 is 0.933 bits per heavy atom. The predicted octanol–water partition coefficient (Wildman–Crippen LogP) is 3.80. The summed E-state index contributed by atoms with van der Waals surface area (Å²) in [5.41, 5.74) is 1.96. The van der Waals surface area contributed by atoms with Crippen LogP contribution in [0.4, 0.5) is 0 Å². The van der Waals surface area contributed by atoms with Gasteiger partial charge in [0.25, 0.3) is 0 Å². The molecule has 0 aliphatic carbocycles. The van der Waals surface area contributed by atoms with E-state index in [1.807, 2.05) is 54.6 Å². The van der Waals surface area contributed by atoms with Crippen molar-refractivity contribution in [2.75, 3.05) is 33.4 Å². The molecule has 0 heterocycles. The molecule has 0 aliphatic rings. The molecule has 0 saturated heterocycles. The number of benzene rings is 2. The first-order chi connectivity index (χ1) is 14.6. The molecule has 1 atom stereocenters. The Morgan fingerprint density at radius 3 is 2.20 bits per heavy atom. The number of ether oxygens (including phenoxy) is 3. The molecule has 0 radical (unpaired) electrons. The van der Waals surface area contributed by atoms with E-state index in [9.17, 15) is 9.59 Å². The lowest BCUT2D eigenvalue weighted by Gasteiger charge is -2.27. The third-order valence-corrected chi connectivity index (χ3v) is 4.72. The first-order valence-electron chi connectivity index (χ1n) is 10.3. The third kappa shape index (κ3) is 7.52. The van der Waals surface area contributed by atoms with E-state index < -0.39 is 5.92 Å². The van der Waals surface area contributed by atoms with E-state index in [-0.39, 0.29) is 18.4 Å².